The number of rotatable bonds is 9. The maximum atomic E-state index is 12.7. The Morgan fingerprint density at radius 3 is 2.46 bits per heavy atom. The molecule has 1 saturated heterocycles. The molecule has 0 bridgehead atoms. The summed E-state index contributed by atoms with van der Waals surface area (Å²) < 4.78 is 1.91. The first-order valence-electron chi connectivity index (χ1n) is 9.07. The van der Waals surface area contributed by atoms with Crippen molar-refractivity contribution in [2.24, 2.45) is 10.7 Å². The molecule has 2 aliphatic rings. The van der Waals surface area contributed by atoms with Crippen LogP contribution in [-0.2, 0) is 9.59 Å². The monoisotopic (exact) mass is 382 g/mol. The van der Waals surface area contributed by atoms with Crippen molar-refractivity contribution in [1.82, 2.24) is 9.80 Å². The van der Waals surface area contributed by atoms with E-state index in [1.54, 1.807) is 7.05 Å². The van der Waals surface area contributed by atoms with Gasteiger partial charge in [-0.05, 0) is 29.6 Å². The number of amidine groups is 2. The highest BCUT2D eigenvalue weighted by molar-refractivity contribution is 8.14. The third-order valence-corrected chi connectivity index (χ3v) is 5.60. The summed E-state index contributed by atoms with van der Waals surface area (Å²) in [6.45, 7) is 2.84. The van der Waals surface area contributed by atoms with Crippen molar-refractivity contribution < 1.29 is 19.0 Å². The van der Waals surface area contributed by atoms with Crippen LogP contribution < -0.4 is 5.73 Å². The number of amides is 4. The number of nitrogens with zero attached hydrogens (tertiary/aromatic N) is 4. The third kappa shape index (κ3) is 4.44. The average molecular weight is 383 g/mol. The molecular weight excluding hydrogens is 354 g/mol. The Hall–Kier alpha value is -1.90. The van der Waals surface area contributed by atoms with Crippen LogP contribution in [0.25, 0.3) is 0 Å². The molecule has 4 amide bonds. The number of fused-ring (bicyclic) bond motifs is 1. The molecule has 2 rings (SSSR count). The van der Waals surface area contributed by atoms with Gasteiger partial charge in [-0.1, -0.05) is 32.6 Å². The molecule has 144 valence electrons. The minimum Gasteiger partial charge on any atom is -0.369 e. The number of hydrogen-bond acceptors (Lipinski definition) is 5. The van der Waals surface area contributed by atoms with Crippen LogP contribution in [0.1, 0.15) is 45.4 Å². The van der Waals surface area contributed by atoms with Crippen LogP contribution in [0.4, 0.5) is 4.79 Å². The van der Waals surface area contributed by atoms with Crippen molar-refractivity contribution in [3.8, 4) is 0 Å². The molecule has 26 heavy (non-hydrogen) atoms. The van der Waals surface area contributed by atoms with Crippen LogP contribution in [0, 0.1) is 0 Å². The highest BCUT2D eigenvalue weighted by Gasteiger charge is 2.52. The zero-order valence-electron chi connectivity index (χ0n) is 15.7. The van der Waals surface area contributed by atoms with Crippen LogP contribution in [0.5, 0.6) is 0 Å². The summed E-state index contributed by atoms with van der Waals surface area (Å²) in [6.07, 6.45) is 6.82. The molecule has 2 heterocycles. The van der Waals surface area contributed by atoms with Crippen LogP contribution in [0.3, 0.4) is 0 Å². The van der Waals surface area contributed by atoms with Crippen molar-refractivity contribution >= 4 is 40.6 Å². The summed E-state index contributed by atoms with van der Waals surface area (Å²) >= 11 is 1.22. The summed E-state index contributed by atoms with van der Waals surface area (Å²) in [4.78, 5) is 43.0. The van der Waals surface area contributed by atoms with Gasteiger partial charge in [-0.2, -0.15) is 0 Å². The molecule has 0 spiro atoms. The molecule has 9 heteroatoms. The molecule has 0 saturated carbocycles. The fraction of sp³-hybridized carbons (Fsp3) is 0.706. The highest BCUT2D eigenvalue weighted by atomic mass is 32.2. The van der Waals surface area contributed by atoms with Crippen LogP contribution in [-0.4, -0.2) is 75.7 Å². The lowest BCUT2D eigenvalue weighted by Crippen LogP contribution is -2.61. The normalized spacial score (nSPS) is 20.0. The quantitative estimate of drug-likeness (QED) is 0.479. The van der Waals surface area contributed by atoms with E-state index >= 15 is 0 Å². The number of unbranched alkanes of at least 4 members (excludes halogenated alkanes) is 5. The van der Waals surface area contributed by atoms with Crippen molar-refractivity contribution in [3.05, 3.63) is 0 Å². The number of nitrogens with two attached hydrogens (primary N) is 1. The Kier molecular flexibility index (Phi) is 7.19. The van der Waals surface area contributed by atoms with Gasteiger partial charge in [-0.15, -0.1) is 0 Å². The zero-order chi connectivity index (χ0) is 19.3. The number of aliphatic imine (C=N–C) groups is 1. The molecule has 0 aromatic heterocycles. The summed E-state index contributed by atoms with van der Waals surface area (Å²) in [5, 5.41) is 0.584. The van der Waals surface area contributed by atoms with Crippen LogP contribution >= 0.6 is 11.8 Å². The smallest absolute Gasteiger partial charge is 0.358 e. The molecule has 0 aromatic carbocycles. The number of carbonyl (C=O) groups excluding carboxylic acids is 3. The molecule has 2 aliphatic heterocycles. The summed E-state index contributed by atoms with van der Waals surface area (Å²) in [6, 6.07) is -1.00. The van der Waals surface area contributed by atoms with Gasteiger partial charge in [0, 0.05) is 14.1 Å². The molecule has 8 nitrogen and oxygen atoms in total. The van der Waals surface area contributed by atoms with Gasteiger partial charge in [0.25, 0.3) is 17.8 Å². The van der Waals surface area contributed by atoms with Gasteiger partial charge in [0.1, 0.15) is 0 Å². The standard InChI is InChI=1S/C17H27N5O3S/c1-4-5-6-7-8-9-10-22-13-14(19-16(22)26-11-12(18)23)20(2)17(25)21(3)15(13)24/h13H,4-11H2,1-3H3,(H-,18,23)/p+1. The van der Waals surface area contributed by atoms with Crippen LogP contribution in [0.15, 0.2) is 4.99 Å². The fourth-order valence-corrected chi connectivity index (χ4v) is 3.91. The molecule has 0 radical (unpaired) electrons. The zero-order valence-corrected chi connectivity index (χ0v) is 16.5. The van der Waals surface area contributed by atoms with E-state index in [4.69, 9.17) is 5.73 Å². The Bertz CT molecular complexity index is 646. The first-order valence-corrected chi connectivity index (χ1v) is 10.1. The number of carbonyl (C=O) groups is 3. The molecule has 1 fully saturated rings. The first-order chi connectivity index (χ1) is 12.4. The van der Waals surface area contributed by atoms with Crippen molar-refractivity contribution in [2.75, 3.05) is 26.4 Å². The average Bonchev–Trinajstić information content (AvgIpc) is 2.98. The molecule has 1 atom stereocenters. The van der Waals surface area contributed by atoms with Gasteiger partial charge in [-0.3, -0.25) is 19.4 Å². The van der Waals surface area contributed by atoms with E-state index in [2.05, 4.69) is 11.9 Å². The molecule has 2 N–H and O–H groups in total. The topological polar surface area (TPSA) is 99.1 Å². The van der Waals surface area contributed by atoms with E-state index in [0.29, 0.717) is 17.5 Å². The van der Waals surface area contributed by atoms with E-state index in [0.717, 1.165) is 24.2 Å². The molecule has 0 aromatic rings. The fourth-order valence-electron chi connectivity index (χ4n) is 3.11. The Morgan fingerprint density at radius 2 is 1.81 bits per heavy atom. The van der Waals surface area contributed by atoms with Crippen LogP contribution in [0.2, 0.25) is 0 Å². The number of imide groups is 1. The number of primary amides is 1. The third-order valence-electron chi connectivity index (χ3n) is 4.59. The molecule has 0 aliphatic carbocycles. The van der Waals surface area contributed by atoms with Gasteiger partial charge in [0.15, 0.2) is 0 Å². The number of thioether (sulfide) groups is 1. The van der Waals surface area contributed by atoms with E-state index < -0.39 is 18.0 Å². The molecular formula is C17H28N5O3S+. The van der Waals surface area contributed by atoms with Crippen molar-refractivity contribution in [3.63, 3.8) is 0 Å². The number of likely N-dealkylation sites (N-methyl/N-ethyl adjacent to an activating group) is 2. The predicted octanol–water partition coefficient (Wildman–Crippen LogP) is 1.24. The van der Waals surface area contributed by atoms with E-state index in [1.165, 1.54) is 43.0 Å². The highest BCUT2D eigenvalue weighted by Crippen LogP contribution is 2.23. The van der Waals surface area contributed by atoms with Crippen molar-refractivity contribution in [2.45, 2.75) is 51.5 Å². The lowest BCUT2D eigenvalue weighted by atomic mass is 10.1. The van der Waals surface area contributed by atoms with Gasteiger partial charge in [0.2, 0.25) is 5.91 Å². The Balaban J connectivity index is 2.13. The van der Waals surface area contributed by atoms with E-state index in [-0.39, 0.29) is 11.7 Å². The summed E-state index contributed by atoms with van der Waals surface area (Å²) in [5.41, 5.74) is 5.25. The van der Waals surface area contributed by atoms with Gasteiger partial charge in [-0.25, -0.2) is 9.37 Å². The first kappa shape index (κ1) is 20.4. The number of hydrogen-bond donors (Lipinski definition) is 1. The Morgan fingerprint density at radius 1 is 1.15 bits per heavy atom. The van der Waals surface area contributed by atoms with E-state index in [9.17, 15) is 14.4 Å². The lowest BCUT2D eigenvalue weighted by Gasteiger charge is -2.30. The SMILES string of the molecule is CCCCCCCC[N+]1=C(SCC(N)=O)N=C2C1C(=O)N(C)C(=O)N2C. The largest absolute Gasteiger partial charge is 0.369 e. The lowest BCUT2D eigenvalue weighted by molar-refractivity contribution is -0.533. The maximum Gasteiger partial charge on any atom is 0.358 e. The van der Waals surface area contributed by atoms with E-state index in [1.807, 2.05) is 4.58 Å². The second-order valence-corrected chi connectivity index (χ2v) is 7.55. The minimum atomic E-state index is -0.603. The summed E-state index contributed by atoms with van der Waals surface area (Å²) in [7, 11) is 3.09. The predicted molar refractivity (Wildman–Crippen MR) is 102 cm³/mol. The maximum absolute atomic E-state index is 12.7. The van der Waals surface area contributed by atoms with Crippen molar-refractivity contribution in [1.29, 1.82) is 0 Å². The second-order valence-electron chi connectivity index (χ2n) is 6.61. The van der Waals surface area contributed by atoms with Gasteiger partial charge >= 0.3 is 11.2 Å². The number of urea groups is 1. The molecule has 1 unspecified atom stereocenters. The van der Waals surface area contributed by atoms with Gasteiger partial charge in [0.05, 0.1) is 12.3 Å². The minimum absolute atomic E-state index is 0.0908. The van der Waals surface area contributed by atoms with Gasteiger partial charge < -0.3 is 5.73 Å². The Labute approximate surface area is 158 Å². The second kappa shape index (κ2) is 9.16. The summed E-state index contributed by atoms with van der Waals surface area (Å²) in [5.74, 6) is -0.207.